The molecule has 1 fully saturated rings. The minimum atomic E-state index is 0.0219. The predicted octanol–water partition coefficient (Wildman–Crippen LogP) is 3.56. The van der Waals surface area contributed by atoms with Crippen LogP contribution < -0.4 is 5.32 Å². The molecule has 1 aliphatic rings. The van der Waals surface area contributed by atoms with Crippen molar-refractivity contribution in [2.24, 2.45) is 0 Å². The van der Waals surface area contributed by atoms with Crippen molar-refractivity contribution in [1.82, 2.24) is 15.1 Å². The topological polar surface area (TPSA) is 44.8 Å². The van der Waals surface area contributed by atoms with Crippen molar-refractivity contribution in [2.75, 3.05) is 32.8 Å². The number of nitrogens with zero attached hydrogens (tertiary/aromatic N) is 2. The van der Waals surface area contributed by atoms with Crippen molar-refractivity contribution in [2.45, 2.75) is 33.5 Å². The van der Waals surface area contributed by atoms with E-state index < -0.39 is 0 Å². The number of amides is 2. The van der Waals surface area contributed by atoms with Crippen molar-refractivity contribution >= 4 is 6.03 Å². The standard InChI is InChI=1S/C23H31N3O2/c1-3-28-18-21-9-7-20(8-10-21)16-24-23(27)26-13-11-25(12-14-26)17-22-6-4-5-19(2)15-22/h4-10,15H,3,11-14,16-18H2,1-2H3,(H,24,27). The van der Waals surface area contributed by atoms with Crippen LogP contribution in [0, 0.1) is 6.92 Å². The molecule has 3 rings (SSSR count). The summed E-state index contributed by atoms with van der Waals surface area (Å²) in [7, 11) is 0. The second-order valence-electron chi connectivity index (χ2n) is 7.36. The van der Waals surface area contributed by atoms with E-state index in [1.165, 1.54) is 11.1 Å². The van der Waals surface area contributed by atoms with Gasteiger partial charge in [-0.2, -0.15) is 0 Å². The zero-order valence-corrected chi connectivity index (χ0v) is 17.0. The summed E-state index contributed by atoms with van der Waals surface area (Å²) < 4.78 is 5.41. The van der Waals surface area contributed by atoms with Gasteiger partial charge in [-0.25, -0.2) is 4.79 Å². The molecule has 0 unspecified atom stereocenters. The van der Waals surface area contributed by atoms with E-state index in [9.17, 15) is 4.79 Å². The van der Waals surface area contributed by atoms with Crippen LogP contribution in [0.3, 0.4) is 0 Å². The highest BCUT2D eigenvalue weighted by molar-refractivity contribution is 5.74. The second-order valence-corrected chi connectivity index (χ2v) is 7.36. The van der Waals surface area contributed by atoms with Crippen molar-refractivity contribution in [3.05, 3.63) is 70.8 Å². The highest BCUT2D eigenvalue weighted by Gasteiger charge is 2.20. The molecule has 0 spiro atoms. The number of carbonyl (C=O) groups is 1. The molecular formula is C23H31N3O2. The van der Waals surface area contributed by atoms with Crippen LogP contribution in [0.4, 0.5) is 4.79 Å². The Morgan fingerprint density at radius 2 is 1.71 bits per heavy atom. The third kappa shape index (κ3) is 6.08. The Kier molecular flexibility index (Phi) is 7.46. The average molecular weight is 382 g/mol. The summed E-state index contributed by atoms with van der Waals surface area (Å²) in [5.74, 6) is 0. The highest BCUT2D eigenvalue weighted by Crippen LogP contribution is 2.11. The van der Waals surface area contributed by atoms with E-state index in [1.807, 2.05) is 11.8 Å². The van der Waals surface area contributed by atoms with E-state index in [1.54, 1.807) is 0 Å². The molecule has 2 aromatic rings. The van der Waals surface area contributed by atoms with E-state index in [4.69, 9.17) is 4.74 Å². The fourth-order valence-corrected chi connectivity index (χ4v) is 3.44. The zero-order chi connectivity index (χ0) is 19.8. The number of carbonyl (C=O) groups excluding carboxylic acids is 1. The summed E-state index contributed by atoms with van der Waals surface area (Å²) in [6, 6.07) is 16.9. The Labute approximate surface area is 168 Å². The van der Waals surface area contributed by atoms with Crippen molar-refractivity contribution in [3.63, 3.8) is 0 Å². The number of urea groups is 1. The first-order chi connectivity index (χ1) is 13.6. The lowest BCUT2D eigenvalue weighted by Crippen LogP contribution is -2.51. The molecule has 0 bridgehead atoms. The highest BCUT2D eigenvalue weighted by atomic mass is 16.5. The Balaban J connectivity index is 1.40. The maximum absolute atomic E-state index is 12.5. The lowest BCUT2D eigenvalue weighted by molar-refractivity contribution is 0.134. The summed E-state index contributed by atoms with van der Waals surface area (Å²) in [5, 5.41) is 3.04. The molecule has 2 amide bonds. The fourth-order valence-electron chi connectivity index (χ4n) is 3.44. The van der Waals surface area contributed by atoms with Gasteiger partial charge in [0.05, 0.1) is 6.61 Å². The van der Waals surface area contributed by atoms with Gasteiger partial charge in [0.1, 0.15) is 0 Å². The summed E-state index contributed by atoms with van der Waals surface area (Å²) in [5.41, 5.74) is 4.89. The van der Waals surface area contributed by atoms with Gasteiger partial charge in [-0.15, -0.1) is 0 Å². The van der Waals surface area contributed by atoms with E-state index in [0.717, 1.165) is 50.5 Å². The van der Waals surface area contributed by atoms with Gasteiger partial charge in [-0.1, -0.05) is 54.1 Å². The summed E-state index contributed by atoms with van der Waals surface area (Å²) >= 11 is 0. The largest absolute Gasteiger partial charge is 0.377 e. The normalized spacial score (nSPS) is 14.9. The third-order valence-corrected chi connectivity index (χ3v) is 5.09. The Morgan fingerprint density at radius 3 is 2.39 bits per heavy atom. The van der Waals surface area contributed by atoms with Crippen LogP contribution in [0.25, 0.3) is 0 Å². The molecule has 1 saturated heterocycles. The zero-order valence-electron chi connectivity index (χ0n) is 17.0. The van der Waals surface area contributed by atoms with E-state index in [2.05, 4.69) is 65.7 Å². The summed E-state index contributed by atoms with van der Waals surface area (Å²) in [6.45, 7) is 10.3. The summed E-state index contributed by atoms with van der Waals surface area (Å²) in [4.78, 5) is 16.8. The quantitative estimate of drug-likeness (QED) is 0.798. The Morgan fingerprint density at radius 1 is 1.00 bits per heavy atom. The van der Waals surface area contributed by atoms with Gasteiger partial charge in [-0.05, 0) is 30.5 Å². The van der Waals surface area contributed by atoms with Gasteiger partial charge in [0.2, 0.25) is 0 Å². The Hall–Kier alpha value is -2.37. The molecule has 0 aromatic heterocycles. The molecule has 150 valence electrons. The molecule has 0 saturated carbocycles. The molecule has 0 aliphatic carbocycles. The first kappa shape index (κ1) is 20.4. The SMILES string of the molecule is CCOCc1ccc(CNC(=O)N2CCN(Cc3cccc(C)c3)CC2)cc1. The van der Waals surface area contributed by atoms with Gasteiger partial charge in [-0.3, -0.25) is 4.90 Å². The maximum atomic E-state index is 12.5. The molecule has 28 heavy (non-hydrogen) atoms. The molecule has 5 heteroatoms. The van der Waals surface area contributed by atoms with Crippen LogP contribution >= 0.6 is 0 Å². The number of rotatable bonds is 7. The van der Waals surface area contributed by atoms with Gasteiger partial charge >= 0.3 is 6.03 Å². The molecule has 1 aliphatic heterocycles. The fraction of sp³-hybridized carbons (Fsp3) is 0.435. The summed E-state index contributed by atoms with van der Waals surface area (Å²) in [6.07, 6.45) is 0. The van der Waals surface area contributed by atoms with Crippen molar-refractivity contribution in [1.29, 1.82) is 0 Å². The van der Waals surface area contributed by atoms with Crippen molar-refractivity contribution in [3.8, 4) is 0 Å². The minimum Gasteiger partial charge on any atom is -0.377 e. The van der Waals surface area contributed by atoms with Crippen LogP contribution in [0.5, 0.6) is 0 Å². The van der Waals surface area contributed by atoms with Crippen molar-refractivity contribution < 1.29 is 9.53 Å². The first-order valence-electron chi connectivity index (χ1n) is 10.1. The lowest BCUT2D eigenvalue weighted by atomic mass is 10.1. The average Bonchev–Trinajstić information content (AvgIpc) is 2.72. The number of hydrogen-bond acceptors (Lipinski definition) is 3. The monoisotopic (exact) mass is 381 g/mol. The number of nitrogens with one attached hydrogen (secondary N) is 1. The number of benzene rings is 2. The number of hydrogen-bond donors (Lipinski definition) is 1. The molecule has 1 N–H and O–H groups in total. The third-order valence-electron chi connectivity index (χ3n) is 5.09. The Bertz CT molecular complexity index is 753. The molecule has 1 heterocycles. The smallest absolute Gasteiger partial charge is 0.317 e. The van der Waals surface area contributed by atoms with Crippen LogP contribution in [-0.2, 0) is 24.4 Å². The van der Waals surface area contributed by atoms with E-state index in [0.29, 0.717) is 13.2 Å². The minimum absolute atomic E-state index is 0.0219. The van der Waals surface area contributed by atoms with Crippen LogP contribution in [0.2, 0.25) is 0 Å². The number of ether oxygens (including phenoxy) is 1. The lowest BCUT2D eigenvalue weighted by Gasteiger charge is -2.34. The molecule has 2 aromatic carbocycles. The van der Waals surface area contributed by atoms with E-state index in [-0.39, 0.29) is 6.03 Å². The molecule has 5 nitrogen and oxygen atoms in total. The van der Waals surface area contributed by atoms with E-state index >= 15 is 0 Å². The molecular weight excluding hydrogens is 350 g/mol. The first-order valence-corrected chi connectivity index (χ1v) is 10.1. The van der Waals surface area contributed by atoms with Crippen LogP contribution in [0.1, 0.15) is 29.2 Å². The maximum Gasteiger partial charge on any atom is 0.317 e. The predicted molar refractivity (Wildman–Crippen MR) is 112 cm³/mol. The van der Waals surface area contributed by atoms with Gasteiger partial charge < -0.3 is 15.0 Å². The van der Waals surface area contributed by atoms with Gasteiger partial charge in [0.25, 0.3) is 0 Å². The second kappa shape index (κ2) is 10.2. The number of piperazine rings is 1. The van der Waals surface area contributed by atoms with Gasteiger partial charge in [0.15, 0.2) is 0 Å². The van der Waals surface area contributed by atoms with Crippen LogP contribution in [-0.4, -0.2) is 48.6 Å². The van der Waals surface area contributed by atoms with Gasteiger partial charge in [0, 0.05) is 45.9 Å². The molecule has 0 radical (unpaired) electrons. The van der Waals surface area contributed by atoms with Crippen LogP contribution in [0.15, 0.2) is 48.5 Å². The molecule has 0 atom stereocenters. The number of aryl methyl sites for hydroxylation is 1.